The maximum absolute atomic E-state index is 11.3. The number of carbonyl (C=O) groups excluding carboxylic acids is 1. The smallest absolute Gasteiger partial charge is 0.133 e. The van der Waals surface area contributed by atoms with E-state index in [2.05, 4.69) is 0 Å². The summed E-state index contributed by atoms with van der Waals surface area (Å²) >= 11 is 0. The van der Waals surface area contributed by atoms with E-state index in [9.17, 15) is 4.79 Å². The summed E-state index contributed by atoms with van der Waals surface area (Å²) in [6, 6.07) is 0. The van der Waals surface area contributed by atoms with Gasteiger partial charge in [0.1, 0.15) is 5.78 Å². The molecule has 0 radical (unpaired) electrons. The highest BCUT2D eigenvalue weighted by atomic mass is 16.1. The Morgan fingerprint density at radius 3 is 2.90 bits per heavy atom. The normalized spacial score (nSPS) is 49.9. The van der Waals surface area contributed by atoms with Crippen LogP contribution in [0.5, 0.6) is 0 Å². The van der Waals surface area contributed by atoms with Gasteiger partial charge in [-0.15, -0.1) is 0 Å². The minimum atomic E-state index is -0.890. The number of carbonyl (C=O) groups is 1. The van der Waals surface area contributed by atoms with E-state index in [1.807, 2.05) is 13.8 Å². The Balaban J connectivity index is 2.87. The molecule has 0 spiro atoms. The van der Waals surface area contributed by atoms with Crippen LogP contribution in [-0.4, -0.2) is 5.78 Å². The lowest BCUT2D eigenvalue weighted by atomic mass is 9.72. The SMILES string of the molecule is [2H]C1C(=O)CC(C)(C)CC1([2H])C. The highest BCUT2D eigenvalue weighted by Gasteiger charge is 2.30. The minimum Gasteiger partial charge on any atom is -0.300 e. The highest BCUT2D eigenvalue weighted by Crippen LogP contribution is 2.36. The second-order valence-electron chi connectivity index (χ2n) is 3.97. The number of Topliss-reactive ketones (excluding diaryl/α,β-unsaturated/α-hetero) is 1. The number of hydrogen-bond acceptors (Lipinski definition) is 1. The first-order chi connectivity index (χ1) is 5.25. The zero-order valence-corrected chi connectivity index (χ0v) is 6.90. The molecule has 58 valence electrons. The first-order valence-electron chi connectivity index (χ1n) is 4.77. The van der Waals surface area contributed by atoms with Crippen molar-refractivity contribution < 1.29 is 7.54 Å². The topological polar surface area (TPSA) is 17.1 Å². The van der Waals surface area contributed by atoms with E-state index < -0.39 is 12.3 Å². The van der Waals surface area contributed by atoms with Crippen LogP contribution in [0.3, 0.4) is 0 Å². The monoisotopic (exact) mass is 142 g/mol. The predicted octanol–water partition coefficient (Wildman–Crippen LogP) is 2.40. The number of hydrogen-bond donors (Lipinski definition) is 0. The van der Waals surface area contributed by atoms with Gasteiger partial charge in [-0.1, -0.05) is 20.8 Å². The van der Waals surface area contributed by atoms with Gasteiger partial charge in [0.25, 0.3) is 0 Å². The highest BCUT2D eigenvalue weighted by molar-refractivity contribution is 5.80. The third kappa shape index (κ3) is 1.83. The molecule has 0 aliphatic heterocycles. The molecule has 0 heterocycles. The van der Waals surface area contributed by atoms with Crippen molar-refractivity contribution in [2.45, 2.75) is 40.0 Å². The van der Waals surface area contributed by atoms with Gasteiger partial charge in [-0.25, -0.2) is 0 Å². The molecule has 0 aromatic rings. The second kappa shape index (κ2) is 2.37. The maximum atomic E-state index is 11.3. The van der Waals surface area contributed by atoms with E-state index in [0.717, 1.165) is 0 Å². The molecule has 2 atom stereocenters. The van der Waals surface area contributed by atoms with Gasteiger partial charge < -0.3 is 0 Å². The molecule has 0 aromatic carbocycles. The van der Waals surface area contributed by atoms with Crippen LogP contribution in [0, 0.1) is 11.3 Å². The van der Waals surface area contributed by atoms with Gasteiger partial charge in [0.2, 0.25) is 0 Å². The summed E-state index contributed by atoms with van der Waals surface area (Å²) in [6.07, 6.45) is 0.251. The van der Waals surface area contributed by atoms with E-state index in [-0.39, 0.29) is 11.2 Å². The van der Waals surface area contributed by atoms with Crippen molar-refractivity contribution in [3.8, 4) is 0 Å². The molecule has 10 heavy (non-hydrogen) atoms. The van der Waals surface area contributed by atoms with E-state index in [1.54, 1.807) is 6.92 Å². The molecule has 0 bridgehead atoms. The third-order valence-corrected chi connectivity index (χ3v) is 1.82. The summed E-state index contributed by atoms with van der Waals surface area (Å²) in [7, 11) is 0. The average Bonchev–Trinajstić information content (AvgIpc) is 1.79. The van der Waals surface area contributed by atoms with Crippen molar-refractivity contribution in [3.05, 3.63) is 0 Å². The third-order valence-electron chi connectivity index (χ3n) is 1.82. The Morgan fingerprint density at radius 2 is 2.40 bits per heavy atom. The molecular weight excluding hydrogens is 124 g/mol. The Bertz CT molecular complexity index is 209. The van der Waals surface area contributed by atoms with Gasteiger partial charge >= 0.3 is 0 Å². The van der Waals surface area contributed by atoms with Crippen molar-refractivity contribution >= 4 is 5.78 Å². The van der Waals surface area contributed by atoms with Crippen LogP contribution in [0.4, 0.5) is 0 Å². The van der Waals surface area contributed by atoms with E-state index in [4.69, 9.17) is 2.74 Å². The Hall–Kier alpha value is -0.330. The number of ketones is 1. The van der Waals surface area contributed by atoms with Gasteiger partial charge in [0.15, 0.2) is 0 Å². The van der Waals surface area contributed by atoms with Crippen LogP contribution in [0.1, 0.15) is 42.8 Å². The minimum absolute atomic E-state index is 0.0799. The molecular formula is C9H16O. The van der Waals surface area contributed by atoms with Crippen molar-refractivity contribution in [2.24, 2.45) is 11.3 Å². The molecule has 0 aromatic heterocycles. The van der Waals surface area contributed by atoms with Gasteiger partial charge in [0, 0.05) is 15.6 Å². The van der Waals surface area contributed by atoms with E-state index >= 15 is 0 Å². The van der Waals surface area contributed by atoms with Gasteiger partial charge in [-0.2, -0.15) is 0 Å². The summed E-state index contributed by atoms with van der Waals surface area (Å²) in [4.78, 5) is 11.3. The summed E-state index contributed by atoms with van der Waals surface area (Å²) < 4.78 is 15.3. The first-order valence-corrected chi connectivity index (χ1v) is 3.70. The predicted molar refractivity (Wildman–Crippen MR) is 41.8 cm³/mol. The molecule has 1 heteroatoms. The first kappa shape index (κ1) is 5.34. The van der Waals surface area contributed by atoms with Crippen LogP contribution in [0.25, 0.3) is 0 Å². The van der Waals surface area contributed by atoms with Crippen LogP contribution in [0.15, 0.2) is 0 Å². The van der Waals surface area contributed by atoms with Crippen molar-refractivity contribution in [2.75, 3.05) is 0 Å². The Labute approximate surface area is 65.6 Å². The summed E-state index contributed by atoms with van der Waals surface area (Å²) in [5.41, 5.74) is -0.0921. The molecule has 1 nitrogen and oxygen atoms in total. The Kier molecular flexibility index (Phi) is 1.26. The lowest BCUT2D eigenvalue weighted by molar-refractivity contribution is -0.124. The fourth-order valence-electron chi connectivity index (χ4n) is 1.67. The van der Waals surface area contributed by atoms with Crippen molar-refractivity contribution in [1.29, 1.82) is 0 Å². The molecule has 0 N–H and O–H groups in total. The van der Waals surface area contributed by atoms with Crippen LogP contribution in [-0.2, 0) is 4.79 Å². The molecule has 0 saturated heterocycles. The second-order valence-corrected chi connectivity index (χ2v) is 3.97. The largest absolute Gasteiger partial charge is 0.300 e. The summed E-state index contributed by atoms with van der Waals surface area (Å²) in [6.45, 7) is 5.66. The van der Waals surface area contributed by atoms with Gasteiger partial charge in [-0.05, 0) is 17.7 Å². The van der Waals surface area contributed by atoms with Crippen LogP contribution >= 0.6 is 0 Å². The molecule has 1 aliphatic rings. The molecule has 1 fully saturated rings. The molecule has 1 aliphatic carbocycles. The van der Waals surface area contributed by atoms with Crippen molar-refractivity contribution in [1.82, 2.24) is 0 Å². The Morgan fingerprint density at radius 1 is 1.80 bits per heavy atom. The fraction of sp³-hybridized carbons (Fsp3) is 0.889. The molecule has 1 rings (SSSR count). The lowest BCUT2D eigenvalue weighted by Gasteiger charge is -2.32. The van der Waals surface area contributed by atoms with Crippen LogP contribution in [0.2, 0.25) is 0 Å². The van der Waals surface area contributed by atoms with Crippen LogP contribution < -0.4 is 0 Å². The zero-order chi connectivity index (χ0) is 9.57. The van der Waals surface area contributed by atoms with Gasteiger partial charge in [-0.3, -0.25) is 4.79 Å². The van der Waals surface area contributed by atoms with E-state index in [0.29, 0.717) is 12.8 Å². The molecule has 1 saturated carbocycles. The van der Waals surface area contributed by atoms with E-state index in [1.165, 1.54) is 0 Å². The molecule has 2 unspecified atom stereocenters. The van der Waals surface area contributed by atoms with Crippen molar-refractivity contribution in [3.63, 3.8) is 0 Å². The summed E-state index contributed by atoms with van der Waals surface area (Å²) in [5.74, 6) is -0.970. The van der Waals surface area contributed by atoms with Gasteiger partial charge in [0.05, 0.1) is 0 Å². The fourth-order valence-corrected chi connectivity index (χ4v) is 1.67. The molecule has 0 amide bonds. The standard InChI is InChI=1S/C9H16O/c1-7-4-8(10)6-9(2,3)5-7/h7H,4-6H2,1-3H3/i4D,7D. The summed E-state index contributed by atoms with van der Waals surface area (Å²) in [5, 5.41) is 0. The average molecular weight is 142 g/mol. The quantitative estimate of drug-likeness (QED) is 0.507. The zero-order valence-electron chi connectivity index (χ0n) is 8.90. The maximum Gasteiger partial charge on any atom is 0.133 e. The lowest BCUT2D eigenvalue weighted by Crippen LogP contribution is -2.27. The number of rotatable bonds is 0.